The number of alkyl halides is 3. The third-order valence-corrected chi connectivity index (χ3v) is 2.07. The minimum absolute atomic E-state index is 0.413. The van der Waals surface area contributed by atoms with Crippen molar-refractivity contribution in [2.24, 2.45) is 0 Å². The molecule has 0 aromatic carbocycles. The van der Waals surface area contributed by atoms with Crippen LogP contribution in [-0.2, 0) is 0 Å². The lowest BCUT2D eigenvalue weighted by Gasteiger charge is -2.20. The van der Waals surface area contributed by atoms with E-state index in [2.05, 4.69) is 24.1 Å². The predicted octanol–water partition coefficient (Wildman–Crippen LogP) is 1.87. The maximum atomic E-state index is 11.7. The minimum Gasteiger partial charge on any atom is -0.309 e. The van der Waals surface area contributed by atoms with E-state index in [1.807, 2.05) is 7.05 Å². The molecular weight excluding hydrogens is 193 g/mol. The van der Waals surface area contributed by atoms with Gasteiger partial charge in [-0.2, -0.15) is 13.2 Å². The Hall–Kier alpha value is -0.290. The second-order valence-electron chi connectivity index (χ2n) is 3.72. The monoisotopic (exact) mass is 212 g/mol. The first kappa shape index (κ1) is 13.7. The summed E-state index contributed by atoms with van der Waals surface area (Å²) in [5, 5.41) is 2.37. The zero-order valence-electron chi connectivity index (χ0n) is 8.99. The van der Waals surface area contributed by atoms with Crippen LogP contribution >= 0.6 is 0 Å². The highest BCUT2D eigenvalue weighted by Crippen LogP contribution is 2.11. The van der Waals surface area contributed by atoms with Gasteiger partial charge in [0.1, 0.15) is 0 Å². The van der Waals surface area contributed by atoms with Crippen molar-refractivity contribution in [3.05, 3.63) is 0 Å². The molecular formula is C9H19F3N2. The van der Waals surface area contributed by atoms with Gasteiger partial charge in [-0.3, -0.25) is 0 Å². The summed E-state index contributed by atoms with van der Waals surface area (Å²) in [5.74, 6) is 0. The van der Waals surface area contributed by atoms with E-state index >= 15 is 0 Å². The Morgan fingerprint density at radius 1 is 1.29 bits per heavy atom. The van der Waals surface area contributed by atoms with Gasteiger partial charge >= 0.3 is 6.18 Å². The van der Waals surface area contributed by atoms with Gasteiger partial charge in [0, 0.05) is 6.04 Å². The van der Waals surface area contributed by atoms with Crippen molar-refractivity contribution in [3.63, 3.8) is 0 Å². The Kier molecular flexibility index (Phi) is 6.11. The molecule has 2 nitrogen and oxygen atoms in total. The van der Waals surface area contributed by atoms with E-state index in [-0.39, 0.29) is 0 Å². The molecule has 0 atom stereocenters. The van der Waals surface area contributed by atoms with Crippen LogP contribution in [0.15, 0.2) is 0 Å². The maximum absolute atomic E-state index is 11.7. The molecule has 0 saturated heterocycles. The summed E-state index contributed by atoms with van der Waals surface area (Å²) >= 11 is 0. The molecule has 0 rings (SSSR count). The quantitative estimate of drug-likeness (QED) is 0.676. The first-order valence-electron chi connectivity index (χ1n) is 4.80. The van der Waals surface area contributed by atoms with Gasteiger partial charge < -0.3 is 10.2 Å². The van der Waals surface area contributed by atoms with E-state index in [1.54, 1.807) is 0 Å². The largest absolute Gasteiger partial charge is 0.401 e. The van der Waals surface area contributed by atoms with Crippen molar-refractivity contribution < 1.29 is 13.2 Å². The van der Waals surface area contributed by atoms with Gasteiger partial charge in [0.2, 0.25) is 0 Å². The predicted molar refractivity (Wildman–Crippen MR) is 51.3 cm³/mol. The summed E-state index contributed by atoms with van der Waals surface area (Å²) < 4.78 is 35.1. The Balaban J connectivity index is 3.30. The van der Waals surface area contributed by atoms with E-state index in [0.29, 0.717) is 12.6 Å². The van der Waals surface area contributed by atoms with Crippen molar-refractivity contribution in [2.45, 2.75) is 32.5 Å². The highest BCUT2D eigenvalue weighted by Gasteiger charge is 2.25. The van der Waals surface area contributed by atoms with Crippen LogP contribution in [0.25, 0.3) is 0 Å². The van der Waals surface area contributed by atoms with Crippen molar-refractivity contribution in [2.75, 3.05) is 26.7 Å². The van der Waals surface area contributed by atoms with Gasteiger partial charge in [-0.05, 0) is 40.4 Å². The van der Waals surface area contributed by atoms with Gasteiger partial charge in [-0.15, -0.1) is 0 Å². The summed E-state index contributed by atoms with van der Waals surface area (Å²) in [4.78, 5) is 2.11. The number of nitrogens with zero attached hydrogens (tertiary/aromatic N) is 1. The van der Waals surface area contributed by atoms with Gasteiger partial charge in [0.25, 0.3) is 0 Å². The van der Waals surface area contributed by atoms with Crippen LogP contribution in [0.3, 0.4) is 0 Å². The average molecular weight is 212 g/mol. The van der Waals surface area contributed by atoms with E-state index < -0.39 is 12.7 Å². The summed E-state index contributed by atoms with van der Waals surface area (Å²) in [6.45, 7) is 4.46. The second kappa shape index (κ2) is 6.24. The lowest BCUT2D eigenvalue weighted by molar-refractivity contribution is -0.124. The first-order chi connectivity index (χ1) is 6.33. The van der Waals surface area contributed by atoms with Crippen molar-refractivity contribution in [1.82, 2.24) is 10.2 Å². The number of hydrogen-bond acceptors (Lipinski definition) is 2. The molecule has 0 bridgehead atoms. The molecule has 5 heteroatoms. The van der Waals surface area contributed by atoms with Crippen molar-refractivity contribution in [1.29, 1.82) is 0 Å². The van der Waals surface area contributed by atoms with E-state index in [4.69, 9.17) is 0 Å². The third-order valence-electron chi connectivity index (χ3n) is 2.07. The lowest BCUT2D eigenvalue weighted by Crippen LogP contribution is -2.33. The van der Waals surface area contributed by atoms with Gasteiger partial charge in [0.05, 0.1) is 6.54 Å². The van der Waals surface area contributed by atoms with Gasteiger partial charge in [0.15, 0.2) is 0 Å². The fourth-order valence-corrected chi connectivity index (χ4v) is 0.942. The second-order valence-corrected chi connectivity index (χ2v) is 3.72. The van der Waals surface area contributed by atoms with Crippen LogP contribution in [0.1, 0.15) is 20.3 Å². The fraction of sp³-hybridized carbons (Fsp3) is 1.00. The van der Waals surface area contributed by atoms with Crippen molar-refractivity contribution >= 4 is 0 Å². The molecule has 0 radical (unpaired) electrons. The smallest absolute Gasteiger partial charge is 0.309 e. The van der Waals surface area contributed by atoms with E-state index in [0.717, 1.165) is 13.0 Å². The third kappa shape index (κ3) is 8.31. The topological polar surface area (TPSA) is 15.3 Å². The molecule has 0 unspecified atom stereocenters. The number of rotatable bonds is 6. The SMILES string of the molecule is CC(C)N(C)CCCNCC(F)(F)F. The first-order valence-corrected chi connectivity index (χ1v) is 4.80. The van der Waals surface area contributed by atoms with E-state index in [1.165, 1.54) is 0 Å². The Labute approximate surface area is 83.5 Å². The molecule has 86 valence electrons. The summed E-state index contributed by atoms with van der Waals surface area (Å²) in [7, 11) is 1.97. The minimum atomic E-state index is -4.09. The van der Waals surface area contributed by atoms with Crippen LogP contribution in [0, 0.1) is 0 Å². The molecule has 0 aromatic rings. The molecule has 14 heavy (non-hydrogen) atoms. The summed E-state index contributed by atoms with van der Waals surface area (Å²) in [5.41, 5.74) is 0. The van der Waals surface area contributed by atoms with Crippen LogP contribution in [-0.4, -0.2) is 43.8 Å². The van der Waals surface area contributed by atoms with E-state index in [9.17, 15) is 13.2 Å². The molecule has 0 aliphatic heterocycles. The molecule has 0 aromatic heterocycles. The van der Waals surface area contributed by atoms with Crippen LogP contribution < -0.4 is 5.32 Å². The highest BCUT2D eigenvalue weighted by atomic mass is 19.4. The Morgan fingerprint density at radius 3 is 2.29 bits per heavy atom. The molecule has 0 heterocycles. The zero-order chi connectivity index (χ0) is 11.2. The zero-order valence-corrected chi connectivity index (χ0v) is 8.99. The van der Waals surface area contributed by atoms with Crippen LogP contribution in [0.2, 0.25) is 0 Å². The molecule has 0 amide bonds. The molecule has 0 spiro atoms. The standard InChI is InChI=1S/C9H19F3N2/c1-8(2)14(3)6-4-5-13-7-9(10,11)12/h8,13H,4-7H2,1-3H3. The Bertz CT molecular complexity index is 145. The average Bonchev–Trinajstić information content (AvgIpc) is 2.01. The number of hydrogen-bond donors (Lipinski definition) is 1. The van der Waals surface area contributed by atoms with Gasteiger partial charge in [-0.1, -0.05) is 0 Å². The summed E-state index contributed by atoms with van der Waals surface area (Å²) in [6.07, 6.45) is -3.35. The Morgan fingerprint density at radius 2 is 1.86 bits per heavy atom. The number of halogens is 3. The normalized spacial score (nSPS) is 12.9. The van der Waals surface area contributed by atoms with Crippen molar-refractivity contribution in [3.8, 4) is 0 Å². The summed E-state index contributed by atoms with van der Waals surface area (Å²) in [6, 6.07) is 0.442. The molecule has 0 saturated carbocycles. The number of nitrogens with one attached hydrogen (secondary N) is 1. The molecule has 1 N–H and O–H groups in total. The molecule has 0 fully saturated rings. The fourth-order valence-electron chi connectivity index (χ4n) is 0.942. The molecule has 0 aliphatic carbocycles. The van der Waals surface area contributed by atoms with Crippen LogP contribution in [0.5, 0.6) is 0 Å². The van der Waals surface area contributed by atoms with Gasteiger partial charge in [-0.25, -0.2) is 0 Å². The highest BCUT2D eigenvalue weighted by molar-refractivity contribution is 4.60. The van der Waals surface area contributed by atoms with Crippen LogP contribution in [0.4, 0.5) is 13.2 Å². The molecule has 0 aliphatic rings. The lowest BCUT2D eigenvalue weighted by atomic mass is 10.3. The maximum Gasteiger partial charge on any atom is 0.401 e.